The third-order valence-electron chi connectivity index (χ3n) is 5.44. The summed E-state index contributed by atoms with van der Waals surface area (Å²) in [5.74, 6) is -3.03. The fraction of sp³-hybridized carbons (Fsp3) is 0.450. The maximum atomic E-state index is 13.6. The second-order valence-corrected chi connectivity index (χ2v) is 7.56. The zero-order valence-electron chi connectivity index (χ0n) is 16.7. The molecule has 2 heterocycles. The Morgan fingerprint density at radius 1 is 1.23 bits per heavy atom. The largest absolute Gasteiger partial charge is 0.490 e. The number of benzene rings is 1. The first kappa shape index (κ1) is 20.2. The van der Waals surface area contributed by atoms with Crippen molar-refractivity contribution in [1.82, 2.24) is 9.97 Å². The summed E-state index contributed by atoms with van der Waals surface area (Å²) in [4.78, 5) is 24.4. The monoisotopic (exact) mass is 421 g/mol. The normalized spacial score (nSPS) is 20.6. The number of likely N-dealkylation sites (N-methyl/N-ethyl adjacent to an activating group) is 2. The van der Waals surface area contributed by atoms with Gasteiger partial charge in [-0.1, -0.05) is 0 Å². The molecule has 0 bridgehead atoms. The van der Waals surface area contributed by atoms with E-state index < -0.39 is 17.5 Å². The molecule has 0 radical (unpaired) electrons. The highest BCUT2D eigenvalue weighted by Crippen LogP contribution is 2.34. The van der Waals surface area contributed by atoms with Gasteiger partial charge < -0.3 is 19.9 Å². The van der Waals surface area contributed by atoms with Crippen molar-refractivity contribution in [2.24, 2.45) is 5.92 Å². The smallest absolute Gasteiger partial charge is 0.246 e. The van der Waals surface area contributed by atoms with Crippen molar-refractivity contribution in [3.63, 3.8) is 0 Å². The molecule has 2 aromatic rings. The average Bonchev–Trinajstić information content (AvgIpc) is 2.69. The quantitative estimate of drug-likeness (QED) is 0.724. The lowest BCUT2D eigenvalue weighted by Crippen LogP contribution is -2.45. The molecule has 0 saturated heterocycles. The van der Waals surface area contributed by atoms with Crippen molar-refractivity contribution < 1.29 is 22.7 Å². The Balaban J connectivity index is 1.32. The third-order valence-corrected chi connectivity index (χ3v) is 5.44. The maximum Gasteiger partial charge on any atom is 0.246 e. The van der Waals surface area contributed by atoms with Crippen molar-refractivity contribution in [3.05, 3.63) is 35.8 Å². The fourth-order valence-electron chi connectivity index (χ4n) is 3.75. The molecule has 30 heavy (non-hydrogen) atoms. The van der Waals surface area contributed by atoms with Crippen molar-refractivity contribution in [3.8, 4) is 5.75 Å². The summed E-state index contributed by atoms with van der Waals surface area (Å²) < 4.78 is 45.2. The van der Waals surface area contributed by atoms with Crippen LogP contribution in [-0.2, 0) is 4.79 Å². The minimum absolute atomic E-state index is 0.0103. The number of ether oxygens (including phenoxy) is 1. The van der Waals surface area contributed by atoms with Gasteiger partial charge in [-0.15, -0.1) is 0 Å². The number of rotatable bonds is 6. The number of carbonyl (C=O) groups is 1. The van der Waals surface area contributed by atoms with Gasteiger partial charge in [0.25, 0.3) is 0 Å². The van der Waals surface area contributed by atoms with Gasteiger partial charge >= 0.3 is 0 Å². The SMILES string of the molecule is CCN1C(=O)CN(C)c2nc(N[C@H]3C[C@@H](COc4ccc(F)c(F)c4F)C3)ncc21. The van der Waals surface area contributed by atoms with E-state index in [1.807, 2.05) is 14.0 Å². The number of amides is 1. The molecule has 4 rings (SSSR count). The van der Waals surface area contributed by atoms with E-state index in [2.05, 4.69) is 15.3 Å². The van der Waals surface area contributed by atoms with E-state index in [9.17, 15) is 18.0 Å². The van der Waals surface area contributed by atoms with Crippen molar-refractivity contribution in [1.29, 1.82) is 0 Å². The lowest BCUT2D eigenvalue weighted by molar-refractivity contribution is -0.117. The van der Waals surface area contributed by atoms with Gasteiger partial charge in [0, 0.05) is 19.6 Å². The summed E-state index contributed by atoms with van der Waals surface area (Å²) in [5, 5.41) is 3.26. The molecular formula is C20H22F3N5O2. The molecular weight excluding hydrogens is 399 g/mol. The first-order valence-corrected chi connectivity index (χ1v) is 9.78. The van der Waals surface area contributed by atoms with Crippen LogP contribution in [0.4, 0.5) is 30.6 Å². The van der Waals surface area contributed by atoms with Crippen LogP contribution in [0.2, 0.25) is 0 Å². The number of hydrogen-bond donors (Lipinski definition) is 1. The molecule has 0 unspecified atom stereocenters. The van der Waals surface area contributed by atoms with Crippen LogP contribution in [0.25, 0.3) is 0 Å². The summed E-state index contributed by atoms with van der Waals surface area (Å²) in [6.45, 7) is 2.93. The van der Waals surface area contributed by atoms with Crippen LogP contribution in [-0.4, -0.2) is 48.7 Å². The van der Waals surface area contributed by atoms with Gasteiger partial charge in [0.1, 0.15) is 5.69 Å². The Morgan fingerprint density at radius 3 is 2.73 bits per heavy atom. The lowest BCUT2D eigenvalue weighted by atomic mass is 9.81. The Labute approximate surface area is 171 Å². The lowest BCUT2D eigenvalue weighted by Gasteiger charge is -2.36. The summed E-state index contributed by atoms with van der Waals surface area (Å²) in [5.41, 5.74) is 0.690. The van der Waals surface area contributed by atoms with Crippen molar-refractivity contribution in [2.45, 2.75) is 25.8 Å². The first-order chi connectivity index (χ1) is 14.4. The minimum Gasteiger partial charge on any atom is -0.490 e. The van der Waals surface area contributed by atoms with Crippen molar-refractivity contribution >= 4 is 23.4 Å². The van der Waals surface area contributed by atoms with Crippen LogP contribution in [0.3, 0.4) is 0 Å². The number of carbonyl (C=O) groups excluding carboxylic acids is 1. The molecule has 1 N–H and O–H groups in total. The molecule has 1 aromatic heterocycles. The molecule has 0 spiro atoms. The first-order valence-electron chi connectivity index (χ1n) is 9.78. The standard InChI is InChI=1S/C20H22F3N5O2/c1-3-28-14-8-24-20(26-19(14)27(2)9-16(28)29)25-12-6-11(7-12)10-30-15-5-4-13(21)17(22)18(15)23/h4-5,8,11-12H,3,6-7,9-10H2,1-2H3,(H,24,25,26)/t11-,12+. The number of anilines is 3. The predicted octanol–water partition coefficient (Wildman–Crippen LogP) is 2.97. The Morgan fingerprint density at radius 2 is 2.00 bits per heavy atom. The van der Waals surface area contributed by atoms with Gasteiger partial charge in [-0.05, 0) is 37.8 Å². The number of halogens is 3. The molecule has 7 nitrogen and oxygen atoms in total. The molecule has 160 valence electrons. The Hall–Kier alpha value is -3.04. The molecule has 2 aliphatic rings. The predicted molar refractivity (Wildman–Crippen MR) is 105 cm³/mol. The number of hydrogen-bond acceptors (Lipinski definition) is 6. The van der Waals surface area contributed by atoms with Crippen LogP contribution >= 0.6 is 0 Å². The third kappa shape index (κ3) is 3.73. The van der Waals surface area contributed by atoms with E-state index in [1.54, 1.807) is 16.0 Å². The van der Waals surface area contributed by atoms with E-state index >= 15 is 0 Å². The maximum absolute atomic E-state index is 13.6. The number of nitrogens with one attached hydrogen (secondary N) is 1. The molecule has 0 atom stereocenters. The molecule has 1 aliphatic carbocycles. The summed E-state index contributed by atoms with van der Waals surface area (Å²) >= 11 is 0. The second kappa shape index (κ2) is 8.00. The molecule has 1 aliphatic heterocycles. The van der Waals surface area contributed by atoms with E-state index in [0.717, 1.165) is 25.0 Å². The Bertz CT molecular complexity index is 968. The van der Waals surface area contributed by atoms with Crippen molar-refractivity contribution in [2.75, 3.05) is 41.9 Å². The van der Waals surface area contributed by atoms with Gasteiger partial charge in [-0.3, -0.25) is 4.79 Å². The van der Waals surface area contributed by atoms with E-state index in [1.165, 1.54) is 0 Å². The van der Waals surface area contributed by atoms with Crippen LogP contribution in [0.5, 0.6) is 5.75 Å². The van der Waals surface area contributed by atoms with Crippen LogP contribution < -0.4 is 19.9 Å². The molecule has 1 saturated carbocycles. The zero-order chi connectivity index (χ0) is 21.4. The van der Waals surface area contributed by atoms with Crippen LogP contribution in [0.15, 0.2) is 18.3 Å². The zero-order valence-corrected chi connectivity index (χ0v) is 16.7. The topological polar surface area (TPSA) is 70.6 Å². The number of aromatic nitrogens is 2. The van der Waals surface area contributed by atoms with E-state index in [-0.39, 0.29) is 36.8 Å². The molecule has 1 amide bonds. The van der Waals surface area contributed by atoms with Gasteiger partial charge in [-0.2, -0.15) is 9.37 Å². The van der Waals surface area contributed by atoms with Gasteiger partial charge in [0.2, 0.25) is 17.7 Å². The average molecular weight is 421 g/mol. The highest BCUT2D eigenvalue weighted by Gasteiger charge is 2.32. The second-order valence-electron chi connectivity index (χ2n) is 7.56. The summed E-state index contributed by atoms with van der Waals surface area (Å²) in [6.07, 6.45) is 3.15. The van der Waals surface area contributed by atoms with E-state index in [4.69, 9.17) is 4.74 Å². The van der Waals surface area contributed by atoms with E-state index in [0.29, 0.717) is 24.0 Å². The summed E-state index contributed by atoms with van der Waals surface area (Å²) in [7, 11) is 1.81. The highest BCUT2D eigenvalue weighted by molar-refractivity contribution is 6.02. The van der Waals surface area contributed by atoms with Crippen LogP contribution in [0.1, 0.15) is 19.8 Å². The Kier molecular flexibility index (Phi) is 5.40. The number of nitrogens with zero attached hydrogens (tertiary/aromatic N) is 4. The summed E-state index contributed by atoms with van der Waals surface area (Å²) in [6, 6.07) is 2.06. The molecule has 1 fully saturated rings. The molecule has 1 aromatic carbocycles. The fourth-order valence-corrected chi connectivity index (χ4v) is 3.75. The number of fused-ring (bicyclic) bond motifs is 1. The molecule has 10 heteroatoms. The highest BCUT2D eigenvalue weighted by atomic mass is 19.2. The van der Waals surface area contributed by atoms with Gasteiger partial charge in [-0.25, -0.2) is 13.8 Å². The van der Waals surface area contributed by atoms with Gasteiger partial charge in [0.05, 0.1) is 19.3 Å². The van der Waals surface area contributed by atoms with Gasteiger partial charge in [0.15, 0.2) is 23.2 Å². The van der Waals surface area contributed by atoms with Crippen LogP contribution in [0, 0.1) is 23.4 Å². The minimum atomic E-state index is -1.53.